The van der Waals surface area contributed by atoms with Crippen molar-refractivity contribution in [2.45, 2.75) is 50.2 Å². The Morgan fingerprint density at radius 2 is 1.70 bits per heavy atom. The fraction of sp³-hybridized carbons (Fsp3) is 0.409. The number of rotatable bonds is 4. The van der Waals surface area contributed by atoms with E-state index in [2.05, 4.69) is 5.32 Å². The third kappa shape index (κ3) is 4.02. The summed E-state index contributed by atoms with van der Waals surface area (Å²) in [5.41, 5.74) is 1.06. The van der Waals surface area contributed by atoms with Crippen molar-refractivity contribution in [3.05, 3.63) is 48.0 Å². The fourth-order valence-electron chi connectivity index (χ4n) is 3.82. The normalized spacial score (nSPS) is 21.8. The lowest BCUT2D eigenvalue weighted by atomic mass is 10.1. The van der Waals surface area contributed by atoms with Crippen molar-refractivity contribution >= 4 is 21.6 Å². The number of benzene rings is 2. The summed E-state index contributed by atoms with van der Waals surface area (Å²) in [6.45, 7) is 4.59. The van der Waals surface area contributed by atoms with Crippen LogP contribution in [0.1, 0.15) is 31.7 Å². The number of anilines is 1. The molecular weight excluding hydrogens is 404 g/mol. The van der Waals surface area contributed by atoms with Gasteiger partial charge in [0.2, 0.25) is 16.1 Å². The number of fused-ring (bicyclic) bond motifs is 1. The van der Waals surface area contributed by atoms with E-state index in [-0.39, 0.29) is 10.8 Å². The predicted octanol–water partition coefficient (Wildman–Crippen LogP) is 3.34. The molecule has 2 aromatic carbocycles. The highest BCUT2D eigenvalue weighted by Crippen LogP contribution is 2.34. The number of carbonyl (C=O) groups is 1. The number of aryl methyl sites for hydroxylation is 1. The SMILES string of the molecule is Cc1ccc(NC(=O)[C@@H]2Oc3ccccc3O[C@H]2C)cc1S(=O)(=O)N1CCCCC1. The van der Waals surface area contributed by atoms with Crippen molar-refractivity contribution in [2.24, 2.45) is 0 Å². The van der Waals surface area contributed by atoms with E-state index in [9.17, 15) is 13.2 Å². The van der Waals surface area contributed by atoms with Crippen LogP contribution in [0.15, 0.2) is 47.4 Å². The van der Waals surface area contributed by atoms with Gasteiger partial charge in [0.05, 0.1) is 4.90 Å². The lowest BCUT2D eigenvalue weighted by molar-refractivity contribution is -0.128. The molecule has 1 fully saturated rings. The minimum atomic E-state index is -3.60. The summed E-state index contributed by atoms with van der Waals surface area (Å²) in [4.78, 5) is 13.1. The molecule has 8 heteroatoms. The molecule has 2 heterocycles. The quantitative estimate of drug-likeness (QED) is 0.804. The van der Waals surface area contributed by atoms with Crippen LogP contribution in [0.2, 0.25) is 0 Å². The number of hydrogen-bond donors (Lipinski definition) is 1. The van der Waals surface area contributed by atoms with Gasteiger partial charge in [0.1, 0.15) is 6.10 Å². The van der Waals surface area contributed by atoms with Crippen molar-refractivity contribution in [1.29, 1.82) is 0 Å². The molecule has 0 saturated carbocycles. The minimum absolute atomic E-state index is 0.224. The lowest BCUT2D eigenvalue weighted by Crippen LogP contribution is -2.46. The average Bonchev–Trinajstić information content (AvgIpc) is 2.75. The Bertz CT molecular complexity index is 1050. The minimum Gasteiger partial charge on any atom is -0.482 e. The number of carbonyl (C=O) groups excluding carboxylic acids is 1. The largest absolute Gasteiger partial charge is 0.482 e. The maximum atomic E-state index is 13.1. The van der Waals surface area contributed by atoms with Crippen LogP contribution < -0.4 is 14.8 Å². The highest BCUT2D eigenvalue weighted by molar-refractivity contribution is 7.89. The van der Waals surface area contributed by atoms with Gasteiger partial charge in [-0.15, -0.1) is 0 Å². The van der Waals surface area contributed by atoms with Gasteiger partial charge in [0, 0.05) is 18.8 Å². The Kier molecular flexibility index (Phi) is 5.71. The summed E-state index contributed by atoms with van der Waals surface area (Å²) in [6, 6.07) is 12.1. The molecule has 0 aliphatic carbocycles. The zero-order valence-electron chi connectivity index (χ0n) is 17.1. The van der Waals surface area contributed by atoms with Crippen molar-refractivity contribution in [3.8, 4) is 11.5 Å². The Morgan fingerprint density at radius 1 is 1.03 bits per heavy atom. The third-order valence-electron chi connectivity index (χ3n) is 5.49. The molecule has 0 bridgehead atoms. The number of para-hydroxylation sites is 2. The van der Waals surface area contributed by atoms with Crippen LogP contribution in [-0.2, 0) is 14.8 Å². The zero-order valence-corrected chi connectivity index (χ0v) is 17.9. The molecule has 30 heavy (non-hydrogen) atoms. The van der Waals surface area contributed by atoms with E-state index in [4.69, 9.17) is 9.47 Å². The van der Waals surface area contributed by atoms with Crippen LogP contribution >= 0.6 is 0 Å². The van der Waals surface area contributed by atoms with E-state index < -0.39 is 22.2 Å². The summed E-state index contributed by atoms with van der Waals surface area (Å²) >= 11 is 0. The first-order chi connectivity index (χ1) is 14.4. The van der Waals surface area contributed by atoms with Gasteiger partial charge in [0.25, 0.3) is 5.91 Å². The van der Waals surface area contributed by atoms with Gasteiger partial charge in [-0.25, -0.2) is 8.42 Å². The van der Waals surface area contributed by atoms with Gasteiger partial charge in [-0.2, -0.15) is 4.31 Å². The predicted molar refractivity (Wildman–Crippen MR) is 113 cm³/mol. The van der Waals surface area contributed by atoms with Crippen molar-refractivity contribution in [3.63, 3.8) is 0 Å². The highest BCUT2D eigenvalue weighted by Gasteiger charge is 2.34. The first-order valence-electron chi connectivity index (χ1n) is 10.2. The monoisotopic (exact) mass is 430 g/mol. The third-order valence-corrected chi connectivity index (χ3v) is 7.53. The number of sulfonamides is 1. The van der Waals surface area contributed by atoms with E-state index in [1.54, 1.807) is 38.1 Å². The summed E-state index contributed by atoms with van der Waals surface area (Å²) < 4.78 is 39.4. The molecular formula is C22H26N2O5S. The number of nitrogens with one attached hydrogen (secondary N) is 1. The molecule has 1 amide bonds. The van der Waals surface area contributed by atoms with E-state index >= 15 is 0 Å². The van der Waals surface area contributed by atoms with Gasteiger partial charge in [-0.3, -0.25) is 4.79 Å². The van der Waals surface area contributed by atoms with Crippen LogP contribution in [0.5, 0.6) is 11.5 Å². The average molecular weight is 431 g/mol. The Balaban J connectivity index is 1.54. The first-order valence-corrected chi connectivity index (χ1v) is 11.6. The molecule has 4 rings (SSSR count). The van der Waals surface area contributed by atoms with Crippen molar-refractivity contribution in [1.82, 2.24) is 4.31 Å². The summed E-state index contributed by atoms with van der Waals surface area (Å²) in [7, 11) is -3.60. The smallest absolute Gasteiger partial charge is 0.269 e. The molecule has 1 N–H and O–H groups in total. The maximum absolute atomic E-state index is 13.1. The maximum Gasteiger partial charge on any atom is 0.269 e. The molecule has 0 unspecified atom stereocenters. The summed E-state index contributed by atoms with van der Waals surface area (Å²) in [5, 5.41) is 2.79. The molecule has 0 spiro atoms. The zero-order chi connectivity index (χ0) is 21.3. The van der Waals surface area contributed by atoms with Crippen LogP contribution in [0.4, 0.5) is 5.69 Å². The topological polar surface area (TPSA) is 84.9 Å². The molecule has 160 valence electrons. The van der Waals surface area contributed by atoms with Gasteiger partial charge in [-0.05, 0) is 56.5 Å². The Morgan fingerprint density at radius 3 is 2.40 bits per heavy atom. The fourth-order valence-corrected chi connectivity index (χ4v) is 5.59. The lowest BCUT2D eigenvalue weighted by Gasteiger charge is -2.31. The van der Waals surface area contributed by atoms with Crippen LogP contribution in [0.25, 0.3) is 0 Å². The Hall–Kier alpha value is -2.58. The van der Waals surface area contributed by atoms with Gasteiger partial charge >= 0.3 is 0 Å². The van der Waals surface area contributed by atoms with Crippen molar-refractivity contribution < 1.29 is 22.7 Å². The number of ether oxygens (including phenoxy) is 2. The second kappa shape index (κ2) is 8.28. The first kappa shape index (κ1) is 20.7. The molecule has 2 aliphatic heterocycles. The number of amides is 1. The van der Waals surface area contributed by atoms with Gasteiger partial charge in [0.15, 0.2) is 11.5 Å². The molecule has 2 atom stereocenters. The van der Waals surface area contributed by atoms with E-state index in [0.717, 1.165) is 19.3 Å². The van der Waals surface area contributed by atoms with Crippen LogP contribution in [0, 0.1) is 6.92 Å². The van der Waals surface area contributed by atoms with Gasteiger partial charge < -0.3 is 14.8 Å². The van der Waals surface area contributed by atoms with Crippen molar-refractivity contribution in [2.75, 3.05) is 18.4 Å². The van der Waals surface area contributed by atoms with Crippen LogP contribution in [0.3, 0.4) is 0 Å². The van der Waals surface area contributed by atoms with E-state index in [1.807, 2.05) is 12.1 Å². The standard InChI is InChI=1S/C22H26N2O5S/c1-15-10-11-17(14-20(15)30(26,27)24-12-6-3-7-13-24)23-22(25)21-16(2)28-18-8-4-5-9-19(18)29-21/h4-5,8-11,14,16,21H,3,6-7,12-13H2,1-2H3,(H,23,25)/t16-,21+/m0/s1. The second-order valence-corrected chi connectivity index (χ2v) is 9.65. The molecule has 1 saturated heterocycles. The number of piperidine rings is 1. The highest BCUT2D eigenvalue weighted by atomic mass is 32.2. The Labute approximate surface area is 177 Å². The van der Waals surface area contributed by atoms with E-state index in [1.165, 1.54) is 10.4 Å². The number of hydrogen-bond acceptors (Lipinski definition) is 5. The van der Waals surface area contributed by atoms with Gasteiger partial charge in [-0.1, -0.05) is 24.6 Å². The molecule has 7 nitrogen and oxygen atoms in total. The molecule has 0 aromatic heterocycles. The summed E-state index contributed by atoms with van der Waals surface area (Å²) in [6.07, 6.45) is 1.46. The molecule has 0 radical (unpaired) electrons. The second-order valence-electron chi connectivity index (χ2n) is 7.74. The summed E-state index contributed by atoms with van der Waals surface area (Å²) in [5.74, 6) is 0.717. The molecule has 2 aliphatic rings. The number of nitrogens with zero attached hydrogens (tertiary/aromatic N) is 1. The van der Waals surface area contributed by atoms with E-state index in [0.29, 0.717) is 35.8 Å². The molecule has 2 aromatic rings. The van der Waals surface area contributed by atoms with Crippen LogP contribution in [-0.4, -0.2) is 43.9 Å².